The highest BCUT2D eigenvalue weighted by atomic mass is 35.5. The molecule has 0 fully saturated rings. The molecule has 2 rings (SSSR count). The third-order valence-corrected chi connectivity index (χ3v) is 3.81. The van der Waals surface area contributed by atoms with Gasteiger partial charge < -0.3 is 15.7 Å². The summed E-state index contributed by atoms with van der Waals surface area (Å²) in [6.07, 6.45) is 0. The minimum atomic E-state index is -1.07. The first-order chi connectivity index (χ1) is 9.47. The highest BCUT2D eigenvalue weighted by molar-refractivity contribution is 7.12. The number of benzene rings is 1. The first-order valence-corrected chi connectivity index (χ1v) is 6.88. The molecule has 0 unspecified atom stereocenters. The van der Waals surface area contributed by atoms with E-state index < -0.39 is 12.0 Å². The van der Waals surface area contributed by atoms with Gasteiger partial charge in [0.05, 0.1) is 5.69 Å². The smallest absolute Gasteiger partial charge is 0.348 e. The summed E-state index contributed by atoms with van der Waals surface area (Å²) in [5.74, 6) is -1.07. The lowest BCUT2D eigenvalue weighted by atomic mass is 10.2. The maximum atomic E-state index is 11.9. The van der Waals surface area contributed by atoms with Crippen LogP contribution in [0.5, 0.6) is 0 Å². The number of carboxylic acids is 1. The van der Waals surface area contributed by atoms with Crippen molar-refractivity contribution in [3.8, 4) is 0 Å². The van der Waals surface area contributed by atoms with Crippen molar-refractivity contribution < 1.29 is 14.7 Å². The largest absolute Gasteiger partial charge is 0.477 e. The lowest BCUT2D eigenvalue weighted by molar-refractivity contribution is 0.0703. The van der Waals surface area contributed by atoms with Crippen molar-refractivity contribution in [2.75, 3.05) is 10.6 Å². The average molecular weight is 311 g/mol. The van der Waals surface area contributed by atoms with E-state index in [9.17, 15) is 9.59 Å². The molecule has 104 valence electrons. The van der Waals surface area contributed by atoms with Crippen molar-refractivity contribution in [3.05, 3.63) is 45.1 Å². The second-order valence-corrected chi connectivity index (χ2v) is 5.33. The number of thiophene rings is 1. The maximum Gasteiger partial charge on any atom is 0.348 e. The van der Waals surface area contributed by atoms with Crippen molar-refractivity contribution in [2.45, 2.75) is 6.92 Å². The zero-order chi connectivity index (χ0) is 14.7. The lowest BCUT2D eigenvalue weighted by Gasteiger charge is -2.08. The summed E-state index contributed by atoms with van der Waals surface area (Å²) < 4.78 is 0. The van der Waals surface area contributed by atoms with Gasteiger partial charge in [-0.25, -0.2) is 9.59 Å². The molecule has 20 heavy (non-hydrogen) atoms. The van der Waals surface area contributed by atoms with E-state index in [1.165, 1.54) is 0 Å². The van der Waals surface area contributed by atoms with Gasteiger partial charge in [-0.3, -0.25) is 0 Å². The third kappa shape index (κ3) is 3.28. The number of amides is 2. The van der Waals surface area contributed by atoms with E-state index in [0.29, 0.717) is 22.0 Å². The molecular formula is C13H11ClN2O3S. The van der Waals surface area contributed by atoms with Crippen LogP contribution in [0.1, 0.15) is 15.2 Å². The van der Waals surface area contributed by atoms with Gasteiger partial charge in [-0.15, -0.1) is 11.3 Å². The van der Waals surface area contributed by atoms with Crippen molar-refractivity contribution >= 4 is 46.3 Å². The van der Waals surface area contributed by atoms with Crippen LogP contribution in [0.15, 0.2) is 29.6 Å². The number of carbonyl (C=O) groups is 2. The fraction of sp³-hybridized carbons (Fsp3) is 0.0769. The number of rotatable bonds is 3. The van der Waals surface area contributed by atoms with Gasteiger partial charge in [0, 0.05) is 10.7 Å². The molecule has 0 atom stereocenters. The number of aryl methyl sites for hydroxylation is 1. The van der Waals surface area contributed by atoms with E-state index in [1.807, 2.05) is 0 Å². The summed E-state index contributed by atoms with van der Waals surface area (Å²) in [6, 6.07) is 6.16. The van der Waals surface area contributed by atoms with Crippen LogP contribution < -0.4 is 10.6 Å². The molecule has 1 heterocycles. The Morgan fingerprint density at radius 1 is 1.30 bits per heavy atom. The van der Waals surface area contributed by atoms with E-state index in [1.54, 1.807) is 36.6 Å². The Balaban J connectivity index is 2.12. The van der Waals surface area contributed by atoms with Gasteiger partial charge in [0.15, 0.2) is 0 Å². The molecule has 0 aliphatic rings. The minimum absolute atomic E-state index is 0.101. The Morgan fingerprint density at radius 3 is 2.70 bits per heavy atom. The molecule has 3 N–H and O–H groups in total. The van der Waals surface area contributed by atoms with Crippen LogP contribution in [0.25, 0.3) is 0 Å². The molecule has 0 bridgehead atoms. The minimum Gasteiger partial charge on any atom is -0.477 e. The van der Waals surface area contributed by atoms with Gasteiger partial charge in [0.2, 0.25) is 0 Å². The van der Waals surface area contributed by atoms with Crippen LogP contribution in [0, 0.1) is 6.92 Å². The normalized spacial score (nSPS) is 10.1. The van der Waals surface area contributed by atoms with Crippen molar-refractivity contribution in [3.63, 3.8) is 0 Å². The Kier molecular flexibility index (Phi) is 4.26. The average Bonchev–Trinajstić information content (AvgIpc) is 2.71. The fourth-order valence-electron chi connectivity index (χ4n) is 1.60. The summed E-state index contributed by atoms with van der Waals surface area (Å²) in [5.41, 5.74) is 1.54. The van der Waals surface area contributed by atoms with E-state index in [4.69, 9.17) is 16.7 Å². The number of carboxylic acid groups (broad SMARTS) is 1. The Labute approximate surface area is 124 Å². The van der Waals surface area contributed by atoms with Crippen LogP contribution in [-0.2, 0) is 0 Å². The van der Waals surface area contributed by atoms with Crippen LogP contribution >= 0.6 is 22.9 Å². The van der Waals surface area contributed by atoms with E-state index >= 15 is 0 Å². The Bertz CT molecular complexity index is 669. The zero-order valence-electron chi connectivity index (χ0n) is 10.4. The number of aromatic carboxylic acids is 1. The lowest BCUT2D eigenvalue weighted by Crippen LogP contribution is -2.20. The van der Waals surface area contributed by atoms with Crippen molar-refractivity contribution in [1.82, 2.24) is 0 Å². The molecule has 0 spiro atoms. The number of hydrogen-bond acceptors (Lipinski definition) is 3. The molecule has 0 saturated heterocycles. The summed E-state index contributed by atoms with van der Waals surface area (Å²) in [6.45, 7) is 1.73. The van der Waals surface area contributed by atoms with Gasteiger partial charge in [0.1, 0.15) is 4.88 Å². The van der Waals surface area contributed by atoms with Gasteiger partial charge >= 0.3 is 12.0 Å². The van der Waals surface area contributed by atoms with Crippen LogP contribution in [0.2, 0.25) is 5.02 Å². The van der Waals surface area contributed by atoms with Crippen LogP contribution in [0.4, 0.5) is 16.2 Å². The van der Waals surface area contributed by atoms with Gasteiger partial charge in [-0.05, 0) is 36.1 Å². The SMILES string of the molecule is Cc1csc(C(=O)O)c1NC(=O)Nc1cccc(Cl)c1. The van der Waals surface area contributed by atoms with Crippen LogP contribution in [-0.4, -0.2) is 17.1 Å². The second-order valence-electron chi connectivity index (χ2n) is 4.02. The predicted octanol–water partition coefficient (Wildman–Crippen LogP) is 4.05. The number of anilines is 2. The third-order valence-electron chi connectivity index (χ3n) is 2.49. The van der Waals surface area contributed by atoms with E-state index in [2.05, 4.69) is 10.6 Å². The second kappa shape index (κ2) is 5.94. The summed E-state index contributed by atoms with van der Waals surface area (Å²) >= 11 is 6.89. The van der Waals surface area contributed by atoms with Crippen LogP contribution in [0.3, 0.4) is 0 Å². The molecule has 2 aromatic rings. The first kappa shape index (κ1) is 14.4. The molecule has 7 heteroatoms. The molecule has 0 aliphatic heterocycles. The number of nitrogens with one attached hydrogen (secondary N) is 2. The first-order valence-electron chi connectivity index (χ1n) is 5.62. The summed E-state index contributed by atoms with van der Waals surface area (Å²) in [5, 5.41) is 16.4. The highest BCUT2D eigenvalue weighted by Gasteiger charge is 2.17. The molecule has 5 nitrogen and oxygen atoms in total. The number of hydrogen-bond donors (Lipinski definition) is 3. The van der Waals surface area contributed by atoms with Gasteiger partial charge in [-0.2, -0.15) is 0 Å². The molecule has 0 saturated carbocycles. The molecule has 0 radical (unpaired) electrons. The van der Waals surface area contributed by atoms with Gasteiger partial charge in [-0.1, -0.05) is 17.7 Å². The maximum absolute atomic E-state index is 11.9. The topological polar surface area (TPSA) is 78.4 Å². The highest BCUT2D eigenvalue weighted by Crippen LogP contribution is 2.27. The summed E-state index contributed by atoms with van der Waals surface area (Å²) in [4.78, 5) is 23.0. The Morgan fingerprint density at radius 2 is 2.05 bits per heavy atom. The van der Waals surface area contributed by atoms with E-state index in [-0.39, 0.29) is 4.88 Å². The zero-order valence-corrected chi connectivity index (χ0v) is 12.0. The molecule has 2 amide bonds. The van der Waals surface area contributed by atoms with Crippen molar-refractivity contribution in [2.24, 2.45) is 0 Å². The number of urea groups is 1. The molecule has 0 aliphatic carbocycles. The Hall–Kier alpha value is -2.05. The summed E-state index contributed by atoms with van der Waals surface area (Å²) in [7, 11) is 0. The fourth-order valence-corrected chi connectivity index (χ4v) is 2.63. The predicted molar refractivity (Wildman–Crippen MR) is 80.1 cm³/mol. The van der Waals surface area contributed by atoms with E-state index in [0.717, 1.165) is 11.3 Å². The number of carbonyl (C=O) groups excluding carboxylic acids is 1. The molecular weight excluding hydrogens is 300 g/mol. The monoisotopic (exact) mass is 310 g/mol. The molecule has 1 aromatic heterocycles. The standard InChI is InChI=1S/C13H11ClN2O3S/c1-7-6-20-11(12(17)18)10(7)16-13(19)15-9-4-2-3-8(14)5-9/h2-6H,1H3,(H,17,18)(H2,15,16,19). The van der Waals surface area contributed by atoms with Crippen molar-refractivity contribution in [1.29, 1.82) is 0 Å². The quantitative estimate of drug-likeness (QED) is 0.800. The molecule has 1 aromatic carbocycles. The number of halogens is 1. The van der Waals surface area contributed by atoms with Gasteiger partial charge in [0.25, 0.3) is 0 Å².